The first-order chi connectivity index (χ1) is 13.2. The largest absolute Gasteiger partial charge is 0.458 e. The zero-order valence-corrected chi connectivity index (χ0v) is 15.9. The lowest BCUT2D eigenvalue weighted by Crippen LogP contribution is -2.36. The van der Waals surface area contributed by atoms with Gasteiger partial charge in [0.1, 0.15) is 11.5 Å². The van der Waals surface area contributed by atoms with Gasteiger partial charge in [0.05, 0.1) is 19.5 Å². The number of furan rings is 1. The molecular formula is C16H22N8O2S. The number of nitrogens with one attached hydrogen (secondary N) is 3. The SMILES string of the molecule is CNC(=NC#N)NCc1ccc(-c2csc(N=CNCC(N)COC)n2)o1. The number of aromatic nitrogens is 1. The molecule has 0 radical (unpaired) electrons. The molecule has 5 N–H and O–H groups in total. The van der Waals surface area contributed by atoms with E-state index in [2.05, 4.69) is 30.9 Å². The van der Waals surface area contributed by atoms with Crippen molar-refractivity contribution in [2.75, 3.05) is 27.3 Å². The number of guanidine groups is 1. The van der Waals surface area contributed by atoms with Gasteiger partial charge in [-0.2, -0.15) is 5.26 Å². The number of nitriles is 1. The second-order valence-electron chi connectivity index (χ2n) is 5.33. The smallest absolute Gasteiger partial charge is 0.211 e. The Balaban J connectivity index is 1.88. The fourth-order valence-electron chi connectivity index (χ4n) is 2.03. The number of aliphatic imine (C=N–C) groups is 2. The summed E-state index contributed by atoms with van der Waals surface area (Å²) in [6, 6.07) is 3.58. The minimum Gasteiger partial charge on any atom is -0.458 e. The van der Waals surface area contributed by atoms with Crippen molar-refractivity contribution in [3.8, 4) is 17.6 Å². The monoisotopic (exact) mass is 390 g/mol. The van der Waals surface area contributed by atoms with Crippen LogP contribution in [0.25, 0.3) is 11.5 Å². The third-order valence-corrected chi connectivity index (χ3v) is 4.01. The number of nitrogens with two attached hydrogens (primary N) is 1. The lowest BCUT2D eigenvalue weighted by molar-refractivity contribution is 0.181. The quantitative estimate of drug-likeness (QED) is 0.279. The molecule has 0 aliphatic heterocycles. The topological polar surface area (TPSA) is 146 Å². The van der Waals surface area contributed by atoms with Crippen LogP contribution in [0, 0.1) is 11.5 Å². The summed E-state index contributed by atoms with van der Waals surface area (Å²) in [5, 5.41) is 19.8. The van der Waals surface area contributed by atoms with Crippen LogP contribution in [0.2, 0.25) is 0 Å². The second kappa shape index (κ2) is 10.9. The van der Waals surface area contributed by atoms with Gasteiger partial charge in [-0.3, -0.25) is 0 Å². The highest BCUT2D eigenvalue weighted by molar-refractivity contribution is 7.13. The average molecular weight is 390 g/mol. The van der Waals surface area contributed by atoms with Gasteiger partial charge in [0.15, 0.2) is 5.76 Å². The van der Waals surface area contributed by atoms with E-state index in [-0.39, 0.29) is 6.04 Å². The molecule has 0 spiro atoms. The van der Waals surface area contributed by atoms with Gasteiger partial charge in [0.25, 0.3) is 0 Å². The molecule has 0 amide bonds. The van der Waals surface area contributed by atoms with Crippen LogP contribution >= 0.6 is 11.3 Å². The molecule has 11 heteroatoms. The van der Waals surface area contributed by atoms with E-state index in [1.54, 1.807) is 26.7 Å². The molecule has 1 unspecified atom stereocenters. The summed E-state index contributed by atoms with van der Waals surface area (Å²) in [5.74, 6) is 1.71. The highest BCUT2D eigenvalue weighted by Gasteiger charge is 2.09. The van der Waals surface area contributed by atoms with Crippen molar-refractivity contribution in [1.29, 1.82) is 5.26 Å². The van der Waals surface area contributed by atoms with E-state index in [1.807, 2.05) is 17.5 Å². The van der Waals surface area contributed by atoms with Gasteiger partial charge in [-0.15, -0.1) is 16.3 Å². The van der Waals surface area contributed by atoms with Gasteiger partial charge in [-0.05, 0) is 12.1 Å². The first-order valence-corrected chi connectivity index (χ1v) is 8.97. The van der Waals surface area contributed by atoms with Crippen LogP contribution in [0.4, 0.5) is 5.13 Å². The summed E-state index contributed by atoms with van der Waals surface area (Å²) >= 11 is 1.41. The van der Waals surface area contributed by atoms with Crippen molar-refractivity contribution in [2.45, 2.75) is 12.6 Å². The molecule has 2 heterocycles. The van der Waals surface area contributed by atoms with Crippen LogP contribution in [-0.2, 0) is 11.3 Å². The molecule has 2 aromatic rings. The normalized spacial score (nSPS) is 12.7. The average Bonchev–Trinajstić information content (AvgIpc) is 3.32. The maximum Gasteiger partial charge on any atom is 0.211 e. The number of hydrogen-bond donors (Lipinski definition) is 4. The molecule has 0 fully saturated rings. The molecule has 0 saturated heterocycles. The summed E-state index contributed by atoms with van der Waals surface area (Å²) in [4.78, 5) is 12.3. The van der Waals surface area contributed by atoms with E-state index in [4.69, 9.17) is 20.1 Å². The van der Waals surface area contributed by atoms with Crippen molar-refractivity contribution in [3.05, 3.63) is 23.3 Å². The van der Waals surface area contributed by atoms with E-state index < -0.39 is 0 Å². The molecule has 0 aliphatic carbocycles. The maximum atomic E-state index is 8.57. The van der Waals surface area contributed by atoms with Crippen molar-refractivity contribution in [2.24, 2.45) is 15.7 Å². The summed E-state index contributed by atoms with van der Waals surface area (Å²) in [6.45, 7) is 1.44. The van der Waals surface area contributed by atoms with Crippen molar-refractivity contribution in [3.63, 3.8) is 0 Å². The summed E-state index contributed by atoms with van der Waals surface area (Å²) in [5.41, 5.74) is 6.51. The second-order valence-corrected chi connectivity index (χ2v) is 6.16. The van der Waals surface area contributed by atoms with Gasteiger partial charge in [0, 0.05) is 32.1 Å². The molecule has 2 aromatic heterocycles. The van der Waals surface area contributed by atoms with Crippen LogP contribution in [-0.4, -0.2) is 50.6 Å². The molecule has 10 nitrogen and oxygen atoms in total. The summed E-state index contributed by atoms with van der Waals surface area (Å²) < 4.78 is 10.7. The Labute approximate surface area is 161 Å². The zero-order valence-electron chi connectivity index (χ0n) is 15.1. The number of methoxy groups -OCH3 is 1. The number of nitrogens with zero attached hydrogens (tertiary/aromatic N) is 4. The van der Waals surface area contributed by atoms with E-state index in [1.165, 1.54) is 11.3 Å². The van der Waals surface area contributed by atoms with Gasteiger partial charge in [0.2, 0.25) is 17.3 Å². The Hall–Kier alpha value is -2.94. The maximum absolute atomic E-state index is 8.57. The molecular weight excluding hydrogens is 368 g/mol. The van der Waals surface area contributed by atoms with E-state index >= 15 is 0 Å². The predicted octanol–water partition coefficient (Wildman–Crippen LogP) is 0.772. The first-order valence-electron chi connectivity index (χ1n) is 8.09. The molecule has 144 valence electrons. The van der Waals surface area contributed by atoms with Crippen LogP contribution in [0.3, 0.4) is 0 Å². The predicted molar refractivity (Wildman–Crippen MR) is 105 cm³/mol. The third-order valence-electron chi connectivity index (χ3n) is 3.26. The number of rotatable bonds is 9. The molecule has 0 aromatic carbocycles. The van der Waals surface area contributed by atoms with E-state index in [9.17, 15) is 0 Å². The Morgan fingerprint density at radius 2 is 2.41 bits per heavy atom. The van der Waals surface area contributed by atoms with Gasteiger partial charge in [-0.1, -0.05) is 0 Å². The lowest BCUT2D eigenvalue weighted by atomic mass is 10.3. The highest BCUT2D eigenvalue weighted by atomic mass is 32.1. The third kappa shape index (κ3) is 6.70. The Kier molecular flexibility index (Phi) is 8.24. The van der Waals surface area contributed by atoms with Gasteiger partial charge >= 0.3 is 0 Å². The molecule has 27 heavy (non-hydrogen) atoms. The lowest BCUT2D eigenvalue weighted by Gasteiger charge is -2.08. The van der Waals surface area contributed by atoms with Crippen LogP contribution in [0.1, 0.15) is 5.76 Å². The molecule has 1 atom stereocenters. The van der Waals surface area contributed by atoms with Crippen molar-refractivity contribution >= 4 is 28.8 Å². The van der Waals surface area contributed by atoms with Gasteiger partial charge < -0.3 is 30.8 Å². The number of ether oxygens (including phenoxy) is 1. The zero-order chi connectivity index (χ0) is 19.5. The van der Waals surface area contributed by atoms with E-state index in [0.717, 1.165) is 0 Å². The fraction of sp³-hybridized carbons (Fsp3) is 0.375. The molecule has 0 aliphatic rings. The Morgan fingerprint density at radius 3 is 3.15 bits per heavy atom. The summed E-state index contributed by atoms with van der Waals surface area (Å²) in [6.07, 6.45) is 3.29. The first kappa shape index (κ1) is 20.4. The van der Waals surface area contributed by atoms with Gasteiger partial charge in [-0.25, -0.2) is 9.98 Å². The Bertz CT molecular complexity index is 807. The molecule has 0 bridgehead atoms. The van der Waals surface area contributed by atoms with Crippen molar-refractivity contribution < 1.29 is 9.15 Å². The summed E-state index contributed by atoms with van der Waals surface area (Å²) in [7, 11) is 3.29. The van der Waals surface area contributed by atoms with Crippen molar-refractivity contribution in [1.82, 2.24) is 20.9 Å². The Morgan fingerprint density at radius 1 is 1.56 bits per heavy atom. The van der Waals surface area contributed by atoms with E-state index in [0.29, 0.717) is 48.0 Å². The van der Waals surface area contributed by atoms with Crippen LogP contribution in [0.5, 0.6) is 0 Å². The standard InChI is InChI=1S/C16H22N8O2S/c1-19-15(22-9-17)21-6-12-3-4-14(26-12)13-8-27-16(24-13)23-10-20-5-11(18)7-25-2/h3-4,8,10-11H,5-7,18H2,1-2H3,(H2,19,21,22)(H,20,23,24). The minimum absolute atomic E-state index is 0.0925. The minimum atomic E-state index is -0.0925. The van der Waals surface area contributed by atoms with Crippen LogP contribution < -0.4 is 21.7 Å². The van der Waals surface area contributed by atoms with Crippen LogP contribution in [0.15, 0.2) is 31.9 Å². The highest BCUT2D eigenvalue weighted by Crippen LogP contribution is 2.27. The molecule has 2 rings (SSSR count). The number of thiazole rings is 1. The number of hydrogen-bond acceptors (Lipinski definition) is 8. The fourth-order valence-corrected chi connectivity index (χ4v) is 2.68. The molecule has 0 saturated carbocycles.